The highest BCUT2D eigenvalue weighted by atomic mass is 16.5. The van der Waals surface area contributed by atoms with E-state index >= 15 is 0 Å². The smallest absolute Gasteiger partial charge is 0.222 e. The van der Waals surface area contributed by atoms with Gasteiger partial charge in [-0.15, -0.1) is 0 Å². The molecule has 0 aliphatic carbocycles. The Morgan fingerprint density at radius 1 is 1.04 bits per heavy atom. The molecule has 0 bridgehead atoms. The number of amides is 2. The van der Waals surface area contributed by atoms with Crippen LogP contribution in [-0.4, -0.2) is 25.0 Å². The van der Waals surface area contributed by atoms with Gasteiger partial charge >= 0.3 is 0 Å². The van der Waals surface area contributed by atoms with Crippen molar-refractivity contribution in [3.8, 4) is 5.75 Å². The molecule has 0 saturated heterocycles. The zero-order valence-electron chi connectivity index (χ0n) is 15.4. The van der Waals surface area contributed by atoms with Crippen LogP contribution in [0.2, 0.25) is 0 Å². The van der Waals surface area contributed by atoms with Crippen molar-refractivity contribution in [2.24, 2.45) is 5.92 Å². The van der Waals surface area contributed by atoms with Gasteiger partial charge in [0, 0.05) is 13.0 Å². The Morgan fingerprint density at radius 3 is 2.17 bits per heavy atom. The van der Waals surface area contributed by atoms with Crippen molar-refractivity contribution in [3.63, 3.8) is 0 Å². The molecular formula is C19H30N2O3. The Kier molecular flexibility index (Phi) is 8.30. The Morgan fingerprint density at radius 2 is 1.67 bits per heavy atom. The summed E-state index contributed by atoms with van der Waals surface area (Å²) in [4.78, 5) is 23.8. The summed E-state index contributed by atoms with van der Waals surface area (Å²) in [6, 6.07) is 7.18. The van der Waals surface area contributed by atoms with Crippen LogP contribution >= 0.6 is 0 Å². The van der Waals surface area contributed by atoms with Gasteiger partial charge < -0.3 is 15.4 Å². The summed E-state index contributed by atoms with van der Waals surface area (Å²) < 4.78 is 5.14. The number of benzene rings is 1. The average Bonchev–Trinajstić information content (AvgIpc) is 2.52. The van der Waals surface area contributed by atoms with E-state index in [0.717, 1.165) is 24.2 Å². The van der Waals surface area contributed by atoms with E-state index in [2.05, 4.69) is 24.5 Å². The summed E-state index contributed by atoms with van der Waals surface area (Å²) in [5, 5.41) is 5.86. The lowest BCUT2D eigenvalue weighted by molar-refractivity contribution is -0.123. The molecule has 0 radical (unpaired) electrons. The van der Waals surface area contributed by atoms with Gasteiger partial charge in [-0.25, -0.2) is 0 Å². The largest absolute Gasteiger partial charge is 0.497 e. The molecule has 0 saturated carbocycles. The first kappa shape index (κ1) is 20.0. The van der Waals surface area contributed by atoms with Gasteiger partial charge in [-0.2, -0.15) is 0 Å². The van der Waals surface area contributed by atoms with Crippen molar-refractivity contribution in [1.29, 1.82) is 0 Å². The standard InChI is InChI=1S/C19H30N2O3/c1-13(2)6-7-14(3)20-19(23)12-18(21-15(4)22)16-8-10-17(24-5)11-9-16/h8-11,13-14,18H,6-7,12H2,1-5H3,(H,20,23)(H,21,22). The molecule has 1 aromatic rings. The number of carbonyl (C=O) groups is 2. The van der Waals surface area contributed by atoms with E-state index in [-0.39, 0.29) is 30.3 Å². The second kappa shape index (κ2) is 9.96. The molecule has 1 aromatic carbocycles. The van der Waals surface area contributed by atoms with Crippen LogP contribution < -0.4 is 15.4 Å². The fourth-order valence-corrected chi connectivity index (χ4v) is 2.51. The molecule has 1 rings (SSSR count). The third kappa shape index (κ3) is 7.49. The summed E-state index contributed by atoms with van der Waals surface area (Å²) in [7, 11) is 1.60. The number of hydrogen-bond donors (Lipinski definition) is 2. The van der Waals surface area contributed by atoms with Crippen LogP contribution in [0.3, 0.4) is 0 Å². The Balaban J connectivity index is 2.67. The van der Waals surface area contributed by atoms with Gasteiger partial charge in [0.25, 0.3) is 0 Å². The molecule has 2 atom stereocenters. The van der Waals surface area contributed by atoms with Gasteiger partial charge in [-0.1, -0.05) is 26.0 Å². The zero-order chi connectivity index (χ0) is 18.1. The Labute approximate surface area is 145 Å². The molecule has 2 amide bonds. The number of rotatable bonds is 9. The summed E-state index contributed by atoms with van der Waals surface area (Å²) >= 11 is 0. The van der Waals surface area contributed by atoms with E-state index in [4.69, 9.17) is 4.74 Å². The third-order valence-corrected chi connectivity index (χ3v) is 3.87. The fourth-order valence-electron chi connectivity index (χ4n) is 2.51. The monoisotopic (exact) mass is 334 g/mol. The zero-order valence-corrected chi connectivity index (χ0v) is 15.4. The molecule has 0 aliphatic rings. The summed E-state index contributed by atoms with van der Waals surface area (Å²) in [5.74, 6) is 1.15. The molecule has 0 spiro atoms. The number of ether oxygens (including phenoxy) is 1. The highest BCUT2D eigenvalue weighted by Crippen LogP contribution is 2.20. The van der Waals surface area contributed by atoms with Gasteiger partial charge in [0.1, 0.15) is 5.75 Å². The van der Waals surface area contributed by atoms with Crippen molar-refractivity contribution in [2.75, 3.05) is 7.11 Å². The molecule has 0 aromatic heterocycles. The topological polar surface area (TPSA) is 67.4 Å². The number of hydrogen-bond acceptors (Lipinski definition) is 3. The normalized spacial score (nSPS) is 13.2. The van der Waals surface area contributed by atoms with Crippen LogP contribution in [0, 0.1) is 5.92 Å². The lowest BCUT2D eigenvalue weighted by Crippen LogP contribution is -2.36. The summed E-state index contributed by atoms with van der Waals surface area (Å²) in [6.07, 6.45) is 2.25. The van der Waals surface area contributed by atoms with Crippen LogP contribution in [0.5, 0.6) is 5.75 Å². The van der Waals surface area contributed by atoms with Gasteiger partial charge in [0.2, 0.25) is 11.8 Å². The first-order chi connectivity index (χ1) is 11.3. The fraction of sp³-hybridized carbons (Fsp3) is 0.579. The minimum Gasteiger partial charge on any atom is -0.497 e. The van der Waals surface area contributed by atoms with Gasteiger partial charge in [0.15, 0.2) is 0 Å². The van der Waals surface area contributed by atoms with Gasteiger partial charge in [-0.3, -0.25) is 9.59 Å². The minimum atomic E-state index is -0.342. The predicted octanol–water partition coefficient (Wildman–Crippen LogP) is 3.20. The van der Waals surface area contributed by atoms with Crippen molar-refractivity contribution in [2.45, 2.75) is 59.0 Å². The highest BCUT2D eigenvalue weighted by molar-refractivity contribution is 5.79. The first-order valence-electron chi connectivity index (χ1n) is 8.52. The van der Waals surface area contributed by atoms with E-state index in [1.54, 1.807) is 7.11 Å². The lowest BCUT2D eigenvalue weighted by Gasteiger charge is -2.20. The van der Waals surface area contributed by atoms with E-state index in [1.807, 2.05) is 31.2 Å². The van der Waals surface area contributed by atoms with E-state index in [1.165, 1.54) is 6.92 Å². The molecule has 0 heterocycles. The number of nitrogens with one attached hydrogen (secondary N) is 2. The molecule has 2 unspecified atom stereocenters. The van der Waals surface area contributed by atoms with Crippen LogP contribution in [0.4, 0.5) is 0 Å². The highest BCUT2D eigenvalue weighted by Gasteiger charge is 2.18. The SMILES string of the molecule is COc1ccc(C(CC(=O)NC(C)CCC(C)C)NC(C)=O)cc1. The van der Waals surface area contributed by atoms with E-state index < -0.39 is 0 Å². The minimum absolute atomic E-state index is 0.0548. The maximum atomic E-state index is 12.3. The molecule has 134 valence electrons. The van der Waals surface area contributed by atoms with Crippen molar-refractivity contribution in [1.82, 2.24) is 10.6 Å². The molecule has 0 fully saturated rings. The Bertz CT molecular complexity index is 526. The van der Waals surface area contributed by atoms with Crippen molar-refractivity contribution >= 4 is 11.8 Å². The maximum absolute atomic E-state index is 12.3. The predicted molar refractivity (Wildman–Crippen MR) is 95.8 cm³/mol. The second-order valence-electron chi connectivity index (χ2n) is 6.67. The average molecular weight is 334 g/mol. The number of methoxy groups -OCH3 is 1. The quantitative estimate of drug-likeness (QED) is 0.729. The van der Waals surface area contributed by atoms with Crippen LogP contribution in [0.25, 0.3) is 0 Å². The number of carbonyl (C=O) groups excluding carboxylic acids is 2. The van der Waals surface area contributed by atoms with Crippen LogP contribution in [0.15, 0.2) is 24.3 Å². The molecule has 0 aliphatic heterocycles. The van der Waals surface area contributed by atoms with Crippen LogP contribution in [0.1, 0.15) is 58.6 Å². The third-order valence-electron chi connectivity index (χ3n) is 3.87. The van der Waals surface area contributed by atoms with Gasteiger partial charge in [-0.05, 0) is 43.4 Å². The molecule has 5 nitrogen and oxygen atoms in total. The second-order valence-corrected chi connectivity index (χ2v) is 6.67. The molecule has 5 heteroatoms. The maximum Gasteiger partial charge on any atom is 0.222 e. The van der Waals surface area contributed by atoms with E-state index in [0.29, 0.717) is 5.92 Å². The van der Waals surface area contributed by atoms with Crippen molar-refractivity contribution < 1.29 is 14.3 Å². The summed E-state index contributed by atoms with van der Waals surface area (Å²) in [5.41, 5.74) is 0.885. The van der Waals surface area contributed by atoms with Crippen molar-refractivity contribution in [3.05, 3.63) is 29.8 Å². The van der Waals surface area contributed by atoms with Gasteiger partial charge in [0.05, 0.1) is 19.6 Å². The molecular weight excluding hydrogens is 304 g/mol. The molecule has 2 N–H and O–H groups in total. The van der Waals surface area contributed by atoms with Crippen LogP contribution in [-0.2, 0) is 9.59 Å². The Hall–Kier alpha value is -2.04. The lowest BCUT2D eigenvalue weighted by atomic mass is 10.0. The first-order valence-corrected chi connectivity index (χ1v) is 8.52. The summed E-state index contributed by atoms with van der Waals surface area (Å²) in [6.45, 7) is 7.82. The molecule has 24 heavy (non-hydrogen) atoms. The van der Waals surface area contributed by atoms with E-state index in [9.17, 15) is 9.59 Å².